The fraction of sp³-hybridized carbons (Fsp3) is 0.208. The molecule has 0 spiro atoms. The largest absolute Gasteiger partial charge is 0.487 e. The van der Waals surface area contributed by atoms with Crippen molar-refractivity contribution < 1.29 is 18.6 Å². The molecular weight excluding hydrogens is 481 g/mol. The number of fused-ring (bicyclic) bond motifs is 1. The molecule has 2 aromatic carbocycles. The van der Waals surface area contributed by atoms with Crippen LogP contribution in [0.15, 0.2) is 48.8 Å². The van der Waals surface area contributed by atoms with Crippen molar-refractivity contribution >= 4 is 36.1 Å². The van der Waals surface area contributed by atoms with E-state index in [0.29, 0.717) is 39.2 Å². The van der Waals surface area contributed by atoms with Gasteiger partial charge < -0.3 is 9.84 Å². The second-order valence-electron chi connectivity index (χ2n) is 7.53. The van der Waals surface area contributed by atoms with Crippen LogP contribution in [-0.4, -0.2) is 38.6 Å². The molecule has 0 unspecified atom stereocenters. The number of nitrogens with zero attached hydrogens (tertiary/aromatic N) is 3. The molecule has 0 aliphatic carbocycles. The van der Waals surface area contributed by atoms with Gasteiger partial charge in [0.1, 0.15) is 23.7 Å². The number of pyridine rings is 1. The molecule has 2 aromatic heterocycles. The zero-order valence-corrected chi connectivity index (χ0v) is 20.2. The van der Waals surface area contributed by atoms with Crippen molar-refractivity contribution in [3.63, 3.8) is 0 Å². The fourth-order valence-electron chi connectivity index (χ4n) is 3.60. The average molecular weight is 503 g/mol. The summed E-state index contributed by atoms with van der Waals surface area (Å²) >= 11 is 6.37. The smallest absolute Gasteiger partial charge is 0.161 e. The lowest BCUT2D eigenvalue weighted by molar-refractivity contribution is 0.308. The highest BCUT2D eigenvalue weighted by Crippen LogP contribution is 2.31. The maximum Gasteiger partial charge on any atom is 0.161 e. The minimum atomic E-state index is -0.455. The molecule has 0 saturated heterocycles. The van der Waals surface area contributed by atoms with E-state index in [-0.39, 0.29) is 24.8 Å². The van der Waals surface area contributed by atoms with E-state index in [9.17, 15) is 13.9 Å². The highest BCUT2D eigenvalue weighted by Gasteiger charge is 2.15. The number of hydrogen-bond acceptors (Lipinski definition) is 4. The van der Waals surface area contributed by atoms with Gasteiger partial charge in [0, 0.05) is 28.6 Å². The van der Waals surface area contributed by atoms with Gasteiger partial charge in [-0.15, -0.1) is 0 Å². The molecule has 0 aliphatic heterocycles. The zero-order valence-electron chi connectivity index (χ0n) is 18.5. The van der Waals surface area contributed by atoms with Crippen LogP contribution in [0.3, 0.4) is 0 Å². The molecule has 0 atom stereocenters. The third kappa shape index (κ3) is 5.26. The number of aryl methyl sites for hydroxylation is 1. The number of rotatable bonds is 8. The van der Waals surface area contributed by atoms with Crippen molar-refractivity contribution in [2.75, 3.05) is 13.3 Å². The first-order chi connectivity index (χ1) is 16.4. The normalized spacial score (nSPS) is 11.9. The number of nitrogens with one attached hydrogen (secondary N) is 1. The molecule has 0 amide bonds. The van der Waals surface area contributed by atoms with Crippen LogP contribution in [-0.2, 0) is 13.2 Å². The minimum absolute atomic E-state index is 0.0783. The second-order valence-corrected chi connectivity index (χ2v) is 8.93. The first-order valence-corrected chi connectivity index (χ1v) is 12.1. The van der Waals surface area contributed by atoms with Crippen LogP contribution in [0.5, 0.6) is 5.75 Å². The Balaban J connectivity index is 1.68. The Labute approximate surface area is 202 Å². The monoisotopic (exact) mass is 502 g/mol. The molecule has 6 nitrogen and oxygen atoms in total. The van der Waals surface area contributed by atoms with Gasteiger partial charge in [-0.25, -0.2) is 18.4 Å². The van der Waals surface area contributed by atoms with E-state index in [1.165, 1.54) is 23.0 Å². The van der Waals surface area contributed by atoms with Crippen LogP contribution in [0.4, 0.5) is 8.78 Å². The molecule has 0 aliphatic rings. The summed E-state index contributed by atoms with van der Waals surface area (Å²) in [6.45, 7) is 3.98. The van der Waals surface area contributed by atoms with Crippen molar-refractivity contribution in [2.45, 2.75) is 20.1 Å². The molecule has 2 N–H and O–H groups in total. The van der Waals surface area contributed by atoms with Crippen molar-refractivity contribution in [1.29, 1.82) is 0 Å². The van der Waals surface area contributed by atoms with Gasteiger partial charge in [-0.05, 0) is 43.4 Å². The molecule has 0 saturated carbocycles. The summed E-state index contributed by atoms with van der Waals surface area (Å²) in [4.78, 5) is 4.62. The van der Waals surface area contributed by atoms with Gasteiger partial charge in [0.2, 0.25) is 0 Å². The van der Waals surface area contributed by atoms with Gasteiger partial charge in [0.05, 0.1) is 29.7 Å². The summed E-state index contributed by atoms with van der Waals surface area (Å²) in [5.41, 5.74) is 3.93. The SMILES string of the molecule is C/P=C(/CO)NCc1cc(F)cc(Cl)c1COc1cccc2c(-n3cc(F)cn3)cc(C)nc12. The summed E-state index contributed by atoms with van der Waals surface area (Å²) in [5, 5.41) is 17.6. The molecule has 0 bridgehead atoms. The molecule has 10 heteroatoms. The molecule has 34 heavy (non-hydrogen) atoms. The van der Waals surface area contributed by atoms with Gasteiger partial charge >= 0.3 is 0 Å². The molecule has 176 valence electrons. The molecule has 0 radical (unpaired) electrons. The topological polar surface area (TPSA) is 72.2 Å². The van der Waals surface area contributed by atoms with Crippen molar-refractivity contribution in [3.8, 4) is 11.4 Å². The summed E-state index contributed by atoms with van der Waals surface area (Å²) in [7, 11) is 0.891. The lowest BCUT2D eigenvalue weighted by Crippen LogP contribution is -2.25. The average Bonchev–Trinajstić information content (AvgIpc) is 3.24. The Morgan fingerprint density at radius 3 is 2.76 bits per heavy atom. The Bertz CT molecular complexity index is 1380. The van der Waals surface area contributed by atoms with Crippen LogP contribution >= 0.6 is 19.8 Å². The van der Waals surface area contributed by atoms with E-state index in [2.05, 4.69) is 15.4 Å². The van der Waals surface area contributed by atoms with E-state index in [1.54, 1.807) is 6.07 Å². The minimum Gasteiger partial charge on any atom is -0.487 e. The quantitative estimate of drug-likeness (QED) is 0.331. The Morgan fingerprint density at radius 2 is 2.06 bits per heavy atom. The Morgan fingerprint density at radius 1 is 1.24 bits per heavy atom. The second kappa shape index (κ2) is 10.6. The zero-order chi connectivity index (χ0) is 24.2. The highest BCUT2D eigenvalue weighted by molar-refractivity contribution is 7.39. The van der Waals surface area contributed by atoms with E-state index in [4.69, 9.17) is 16.3 Å². The number of halogens is 3. The maximum absolute atomic E-state index is 14.1. The van der Waals surface area contributed by atoms with Crippen LogP contribution in [0, 0.1) is 18.6 Å². The molecule has 2 heterocycles. The highest BCUT2D eigenvalue weighted by atomic mass is 35.5. The Hall–Kier alpha value is -2.90. The summed E-state index contributed by atoms with van der Waals surface area (Å²) in [5.74, 6) is -0.390. The standard InChI is InChI=1S/C24H22ClF2N4O2P/c1-14-6-21(31-11-17(27)10-29-31)18-4-3-5-22(24(18)30-14)33-13-19-15(7-16(26)8-20(19)25)9-28-23(12-32)34-2/h3-8,10-11,28,32H,9,12-13H2,1-2H3. The lowest BCUT2D eigenvalue weighted by Gasteiger charge is -2.16. The van der Waals surface area contributed by atoms with E-state index in [1.807, 2.05) is 31.8 Å². The number of hydrogen-bond donors (Lipinski definition) is 2. The van der Waals surface area contributed by atoms with Crippen LogP contribution in [0.1, 0.15) is 16.8 Å². The first-order valence-electron chi connectivity index (χ1n) is 10.4. The summed E-state index contributed by atoms with van der Waals surface area (Å²) in [6.07, 6.45) is 2.44. The maximum atomic E-state index is 14.1. The Kier molecular flexibility index (Phi) is 7.54. The molecule has 0 fully saturated rings. The third-order valence-corrected chi connectivity index (χ3v) is 6.41. The van der Waals surface area contributed by atoms with E-state index in [0.717, 1.165) is 19.8 Å². The van der Waals surface area contributed by atoms with Gasteiger partial charge in [0.15, 0.2) is 5.82 Å². The molecular formula is C24H22ClF2N4O2P. The predicted octanol–water partition coefficient (Wildman–Crippen LogP) is 5.03. The van der Waals surface area contributed by atoms with Crippen LogP contribution in [0.2, 0.25) is 5.02 Å². The summed E-state index contributed by atoms with van der Waals surface area (Å²) < 4.78 is 35.2. The number of aromatic nitrogens is 3. The fourth-order valence-corrected chi connectivity index (χ4v) is 4.25. The van der Waals surface area contributed by atoms with Crippen LogP contribution in [0.25, 0.3) is 16.6 Å². The van der Waals surface area contributed by atoms with Crippen molar-refractivity contribution in [3.05, 3.63) is 82.3 Å². The van der Waals surface area contributed by atoms with E-state index < -0.39 is 11.6 Å². The van der Waals surface area contributed by atoms with Crippen molar-refractivity contribution in [1.82, 2.24) is 20.1 Å². The van der Waals surface area contributed by atoms with Crippen LogP contribution < -0.4 is 10.1 Å². The number of aliphatic hydroxyl groups is 1. The van der Waals surface area contributed by atoms with Gasteiger partial charge in [-0.2, -0.15) is 5.10 Å². The number of ether oxygens (including phenoxy) is 1. The van der Waals surface area contributed by atoms with Gasteiger partial charge in [-0.3, -0.25) is 5.32 Å². The third-order valence-electron chi connectivity index (χ3n) is 5.23. The summed E-state index contributed by atoms with van der Waals surface area (Å²) in [6, 6.07) is 9.92. The van der Waals surface area contributed by atoms with E-state index >= 15 is 0 Å². The van der Waals surface area contributed by atoms with Crippen molar-refractivity contribution in [2.24, 2.45) is 0 Å². The van der Waals surface area contributed by atoms with Gasteiger partial charge in [0.25, 0.3) is 0 Å². The number of para-hydroxylation sites is 1. The predicted molar refractivity (Wildman–Crippen MR) is 131 cm³/mol. The number of benzene rings is 2. The first kappa shape index (κ1) is 24.2. The molecule has 4 aromatic rings. The van der Waals surface area contributed by atoms with Gasteiger partial charge in [-0.1, -0.05) is 31.9 Å². The lowest BCUT2D eigenvalue weighted by atomic mass is 10.1. The molecule has 4 rings (SSSR count). The number of aliphatic hydroxyl groups excluding tert-OH is 1.